The predicted molar refractivity (Wildman–Crippen MR) is 99.8 cm³/mol. The van der Waals surface area contributed by atoms with Gasteiger partial charge in [0.25, 0.3) is 5.91 Å². The van der Waals surface area contributed by atoms with Gasteiger partial charge >= 0.3 is 0 Å². The summed E-state index contributed by atoms with van der Waals surface area (Å²) in [6.45, 7) is 2.34. The molecule has 1 N–H and O–H groups in total. The van der Waals surface area contributed by atoms with E-state index in [1.54, 1.807) is 26.0 Å². The molecule has 1 aromatic heterocycles. The average molecular weight is 398 g/mol. The molecule has 0 aromatic carbocycles. The first-order valence-electron chi connectivity index (χ1n) is 9.10. The zero-order chi connectivity index (χ0) is 19.8. The van der Waals surface area contributed by atoms with Gasteiger partial charge in [-0.05, 0) is 18.9 Å². The average Bonchev–Trinajstić information content (AvgIpc) is 3.04. The number of piperazine rings is 1. The second-order valence-electron chi connectivity index (χ2n) is 7.29. The zero-order valence-electron chi connectivity index (χ0n) is 16.0. The summed E-state index contributed by atoms with van der Waals surface area (Å²) in [7, 11) is 1.19. The minimum Gasteiger partial charge on any atom is -0.345 e. The van der Waals surface area contributed by atoms with Crippen molar-refractivity contribution in [3.05, 3.63) is 18.0 Å². The number of carbonyl (C=O) groups is 2. The van der Waals surface area contributed by atoms with Crippen LogP contribution < -0.4 is 5.32 Å². The highest BCUT2D eigenvalue weighted by Gasteiger charge is 2.36. The Kier molecular flexibility index (Phi) is 5.59. The van der Waals surface area contributed by atoms with E-state index in [4.69, 9.17) is 0 Å². The first-order valence-corrected chi connectivity index (χ1v) is 10.5. The molecule has 2 fully saturated rings. The number of hydrogen-bond donors (Lipinski definition) is 1. The van der Waals surface area contributed by atoms with E-state index in [9.17, 15) is 18.0 Å². The van der Waals surface area contributed by atoms with E-state index in [0.29, 0.717) is 38.3 Å². The van der Waals surface area contributed by atoms with Crippen molar-refractivity contribution in [2.45, 2.75) is 23.8 Å². The SMILES string of the molecule is CN(C)C(=O)c1cc(S(=O)(=O)N2CCCC(N3CCNCC3=O)C2)cn1C. The van der Waals surface area contributed by atoms with E-state index in [-0.39, 0.29) is 22.8 Å². The van der Waals surface area contributed by atoms with E-state index < -0.39 is 10.0 Å². The fourth-order valence-corrected chi connectivity index (χ4v) is 5.25. The summed E-state index contributed by atoms with van der Waals surface area (Å²) in [5.41, 5.74) is 0.324. The van der Waals surface area contributed by atoms with Crippen molar-refractivity contribution in [2.75, 3.05) is 46.8 Å². The van der Waals surface area contributed by atoms with E-state index in [0.717, 1.165) is 13.0 Å². The Hall–Kier alpha value is -1.91. The van der Waals surface area contributed by atoms with Crippen LogP contribution >= 0.6 is 0 Å². The molecular weight excluding hydrogens is 370 g/mol. The molecule has 0 radical (unpaired) electrons. The lowest BCUT2D eigenvalue weighted by molar-refractivity contribution is -0.135. The Labute approximate surface area is 159 Å². The fourth-order valence-electron chi connectivity index (χ4n) is 3.67. The largest absolute Gasteiger partial charge is 0.345 e. The number of aryl methyl sites for hydroxylation is 1. The Morgan fingerprint density at radius 2 is 2.04 bits per heavy atom. The van der Waals surface area contributed by atoms with Gasteiger partial charge in [0.05, 0.1) is 6.54 Å². The van der Waals surface area contributed by atoms with Crippen molar-refractivity contribution < 1.29 is 18.0 Å². The van der Waals surface area contributed by atoms with Crippen molar-refractivity contribution in [1.29, 1.82) is 0 Å². The first kappa shape index (κ1) is 19.8. The molecule has 1 atom stereocenters. The Morgan fingerprint density at radius 1 is 1.30 bits per heavy atom. The zero-order valence-corrected chi connectivity index (χ0v) is 16.8. The Bertz CT molecular complexity index is 832. The van der Waals surface area contributed by atoms with Crippen molar-refractivity contribution in [3.63, 3.8) is 0 Å². The molecule has 2 aliphatic rings. The maximum Gasteiger partial charge on any atom is 0.269 e. The molecule has 0 spiro atoms. The standard InChI is InChI=1S/C17H27N5O4S/c1-19(2)17(24)15-9-14(12-20(15)3)27(25,26)21-7-4-5-13(11-21)22-8-6-18-10-16(22)23/h9,12-13,18H,4-8,10-11H2,1-3H3. The smallest absolute Gasteiger partial charge is 0.269 e. The molecule has 27 heavy (non-hydrogen) atoms. The van der Waals surface area contributed by atoms with Crippen molar-refractivity contribution in [1.82, 2.24) is 24.0 Å². The molecule has 150 valence electrons. The van der Waals surface area contributed by atoms with Crippen molar-refractivity contribution in [3.8, 4) is 0 Å². The van der Waals surface area contributed by atoms with Crippen molar-refractivity contribution >= 4 is 21.8 Å². The maximum atomic E-state index is 13.1. The van der Waals surface area contributed by atoms with E-state index in [1.807, 2.05) is 0 Å². The molecule has 9 nitrogen and oxygen atoms in total. The van der Waals surface area contributed by atoms with Crippen molar-refractivity contribution in [2.24, 2.45) is 7.05 Å². The van der Waals surface area contributed by atoms with Crippen LogP contribution in [-0.4, -0.2) is 91.8 Å². The van der Waals surface area contributed by atoms with Gasteiger partial charge in [-0.25, -0.2) is 8.42 Å². The van der Waals surface area contributed by atoms with Gasteiger partial charge in [-0.15, -0.1) is 0 Å². The van der Waals surface area contributed by atoms with Crippen LogP contribution in [0.2, 0.25) is 0 Å². The number of aromatic nitrogens is 1. The third-order valence-electron chi connectivity index (χ3n) is 5.17. The van der Waals surface area contributed by atoms with Gasteiger partial charge in [-0.2, -0.15) is 4.31 Å². The number of nitrogens with one attached hydrogen (secondary N) is 1. The van der Waals surface area contributed by atoms with Crippen LogP contribution in [0.25, 0.3) is 0 Å². The molecule has 1 unspecified atom stereocenters. The number of nitrogens with zero attached hydrogens (tertiary/aromatic N) is 4. The molecule has 3 rings (SSSR count). The van der Waals surface area contributed by atoms with Crippen LogP contribution in [0.5, 0.6) is 0 Å². The summed E-state index contributed by atoms with van der Waals surface area (Å²) < 4.78 is 29.2. The summed E-state index contributed by atoms with van der Waals surface area (Å²) in [4.78, 5) is 27.7. The number of sulfonamides is 1. The molecule has 2 saturated heterocycles. The highest BCUT2D eigenvalue weighted by atomic mass is 32.2. The van der Waals surface area contributed by atoms with E-state index in [2.05, 4.69) is 5.32 Å². The van der Waals surface area contributed by atoms with Gasteiger partial charge in [0.15, 0.2) is 0 Å². The van der Waals surface area contributed by atoms with Crippen LogP contribution in [0.4, 0.5) is 0 Å². The number of piperidine rings is 1. The van der Waals surface area contributed by atoms with Crippen LogP contribution in [0, 0.1) is 0 Å². The Morgan fingerprint density at radius 3 is 2.70 bits per heavy atom. The summed E-state index contributed by atoms with van der Waals surface area (Å²) in [6, 6.07) is 1.33. The van der Waals surface area contributed by atoms with Gasteiger partial charge in [-0.1, -0.05) is 0 Å². The fraction of sp³-hybridized carbons (Fsp3) is 0.647. The molecule has 10 heteroatoms. The number of rotatable bonds is 4. The highest BCUT2D eigenvalue weighted by Crippen LogP contribution is 2.25. The normalized spacial score (nSPS) is 22.1. The summed E-state index contributed by atoms with van der Waals surface area (Å²) in [5.74, 6) is -0.231. The van der Waals surface area contributed by atoms with Gasteiger partial charge in [0.1, 0.15) is 10.6 Å². The second-order valence-corrected chi connectivity index (χ2v) is 9.23. The first-order chi connectivity index (χ1) is 12.7. The molecule has 3 heterocycles. The summed E-state index contributed by atoms with van der Waals surface area (Å²) >= 11 is 0. The van der Waals surface area contributed by atoms with Gasteiger partial charge in [0, 0.05) is 59.6 Å². The molecule has 0 saturated carbocycles. The number of hydrogen-bond acceptors (Lipinski definition) is 5. The lowest BCUT2D eigenvalue weighted by Crippen LogP contribution is -2.57. The lowest BCUT2D eigenvalue weighted by Gasteiger charge is -2.40. The minimum atomic E-state index is -3.72. The highest BCUT2D eigenvalue weighted by molar-refractivity contribution is 7.89. The predicted octanol–water partition coefficient (Wildman–Crippen LogP) is -0.688. The third kappa shape index (κ3) is 3.87. The minimum absolute atomic E-state index is 0.0177. The third-order valence-corrected chi connectivity index (χ3v) is 7.00. The van der Waals surface area contributed by atoms with Gasteiger partial charge in [0.2, 0.25) is 15.9 Å². The van der Waals surface area contributed by atoms with Crippen LogP contribution in [0.15, 0.2) is 17.2 Å². The maximum absolute atomic E-state index is 13.1. The van der Waals surface area contributed by atoms with Gasteiger partial charge < -0.3 is 19.7 Å². The Balaban J connectivity index is 1.81. The molecular formula is C17H27N5O4S. The lowest BCUT2D eigenvalue weighted by atomic mass is 10.1. The van der Waals surface area contributed by atoms with Gasteiger partial charge in [-0.3, -0.25) is 9.59 Å². The molecule has 2 amide bonds. The number of amides is 2. The summed E-state index contributed by atoms with van der Waals surface area (Å²) in [5, 5.41) is 3.04. The topological polar surface area (TPSA) is 95.0 Å². The van der Waals surface area contributed by atoms with Crippen LogP contribution in [-0.2, 0) is 21.9 Å². The van der Waals surface area contributed by atoms with Crippen LogP contribution in [0.3, 0.4) is 0 Å². The monoisotopic (exact) mass is 397 g/mol. The van der Waals surface area contributed by atoms with E-state index in [1.165, 1.54) is 26.0 Å². The van der Waals surface area contributed by atoms with E-state index >= 15 is 0 Å². The molecule has 2 aliphatic heterocycles. The quantitative estimate of drug-likeness (QED) is 0.726. The second kappa shape index (κ2) is 7.61. The molecule has 0 bridgehead atoms. The number of carbonyl (C=O) groups excluding carboxylic acids is 2. The molecule has 0 aliphatic carbocycles. The van der Waals surface area contributed by atoms with Crippen LogP contribution in [0.1, 0.15) is 23.3 Å². The molecule has 1 aromatic rings. The summed E-state index contributed by atoms with van der Waals surface area (Å²) in [6.07, 6.45) is 2.99.